The third kappa shape index (κ3) is 1.38. The summed E-state index contributed by atoms with van der Waals surface area (Å²) in [6, 6.07) is 12.3. The second-order valence-electron chi connectivity index (χ2n) is 2.93. The third-order valence-corrected chi connectivity index (χ3v) is 2.52. The van der Waals surface area contributed by atoms with Crippen LogP contribution in [0.5, 0.6) is 0 Å². The summed E-state index contributed by atoms with van der Waals surface area (Å²) in [5.74, 6) is 0. The molecule has 0 aliphatic carbocycles. The van der Waals surface area contributed by atoms with E-state index >= 15 is 0 Å². The van der Waals surface area contributed by atoms with E-state index in [9.17, 15) is 0 Å². The topological polar surface area (TPSA) is 12.0 Å². The predicted octanol–water partition coefficient (Wildman–Crippen LogP) is 3.17. The van der Waals surface area contributed by atoms with E-state index in [0.717, 1.165) is 10.6 Å². The standard InChI is InChI=1S/C11H11NS/c1-12-9-6-2-4-8-5-3-7-10(13)11(8)9/h2-7,12-13H,1H3. The molecule has 0 aliphatic rings. The van der Waals surface area contributed by atoms with Crippen LogP contribution in [0.1, 0.15) is 0 Å². The molecule has 0 fully saturated rings. The number of rotatable bonds is 1. The molecule has 0 spiro atoms. The lowest BCUT2D eigenvalue weighted by molar-refractivity contribution is 1.49. The van der Waals surface area contributed by atoms with Crippen LogP contribution >= 0.6 is 12.6 Å². The minimum atomic E-state index is 1.02. The molecule has 0 saturated heterocycles. The quantitative estimate of drug-likeness (QED) is 0.657. The monoisotopic (exact) mass is 189 g/mol. The Balaban J connectivity index is 2.87. The first-order valence-corrected chi connectivity index (χ1v) is 4.66. The van der Waals surface area contributed by atoms with E-state index in [0.29, 0.717) is 0 Å². The highest BCUT2D eigenvalue weighted by Gasteiger charge is 2.00. The first kappa shape index (κ1) is 8.45. The first-order chi connectivity index (χ1) is 6.33. The highest BCUT2D eigenvalue weighted by molar-refractivity contribution is 7.80. The van der Waals surface area contributed by atoms with Crippen molar-refractivity contribution in [1.82, 2.24) is 0 Å². The maximum Gasteiger partial charge on any atom is 0.0428 e. The zero-order chi connectivity index (χ0) is 9.26. The van der Waals surface area contributed by atoms with Gasteiger partial charge in [-0.1, -0.05) is 24.3 Å². The minimum absolute atomic E-state index is 1.02. The lowest BCUT2D eigenvalue weighted by Gasteiger charge is -2.07. The van der Waals surface area contributed by atoms with Crippen LogP contribution in [-0.2, 0) is 0 Å². The van der Waals surface area contributed by atoms with Crippen molar-refractivity contribution in [3.05, 3.63) is 36.4 Å². The molecule has 0 aliphatic heterocycles. The van der Waals surface area contributed by atoms with E-state index in [1.807, 2.05) is 25.2 Å². The molecule has 1 nitrogen and oxygen atoms in total. The second-order valence-corrected chi connectivity index (χ2v) is 3.41. The molecule has 2 heteroatoms. The van der Waals surface area contributed by atoms with Crippen LogP contribution in [0.15, 0.2) is 41.3 Å². The Morgan fingerprint density at radius 1 is 1.08 bits per heavy atom. The van der Waals surface area contributed by atoms with E-state index in [4.69, 9.17) is 0 Å². The van der Waals surface area contributed by atoms with Crippen molar-refractivity contribution in [1.29, 1.82) is 0 Å². The van der Waals surface area contributed by atoms with Gasteiger partial charge in [-0.2, -0.15) is 0 Å². The Kier molecular flexibility index (Phi) is 2.15. The van der Waals surface area contributed by atoms with Crippen LogP contribution in [0.4, 0.5) is 5.69 Å². The SMILES string of the molecule is CNc1cccc2cccc(S)c12. The van der Waals surface area contributed by atoms with Gasteiger partial charge in [0.1, 0.15) is 0 Å². The van der Waals surface area contributed by atoms with Crippen molar-refractivity contribution in [3.63, 3.8) is 0 Å². The van der Waals surface area contributed by atoms with Gasteiger partial charge in [0.2, 0.25) is 0 Å². The van der Waals surface area contributed by atoms with Crippen LogP contribution < -0.4 is 5.32 Å². The maximum absolute atomic E-state index is 4.43. The van der Waals surface area contributed by atoms with Gasteiger partial charge in [-0.05, 0) is 17.5 Å². The summed E-state index contributed by atoms with van der Waals surface area (Å²) in [4.78, 5) is 1.02. The van der Waals surface area contributed by atoms with Gasteiger partial charge in [0.25, 0.3) is 0 Å². The van der Waals surface area contributed by atoms with Gasteiger partial charge >= 0.3 is 0 Å². The number of thiol groups is 1. The van der Waals surface area contributed by atoms with Crippen LogP contribution in [-0.4, -0.2) is 7.05 Å². The van der Waals surface area contributed by atoms with Crippen LogP contribution in [0.2, 0.25) is 0 Å². The summed E-state index contributed by atoms with van der Waals surface area (Å²) >= 11 is 4.43. The number of hydrogen-bond donors (Lipinski definition) is 2. The van der Waals surface area contributed by atoms with Gasteiger partial charge in [0.05, 0.1) is 0 Å². The number of anilines is 1. The third-order valence-electron chi connectivity index (χ3n) is 2.15. The van der Waals surface area contributed by atoms with E-state index in [-0.39, 0.29) is 0 Å². The summed E-state index contributed by atoms with van der Waals surface area (Å²) in [7, 11) is 1.93. The highest BCUT2D eigenvalue weighted by atomic mass is 32.1. The lowest BCUT2D eigenvalue weighted by Crippen LogP contribution is -1.89. The molecule has 13 heavy (non-hydrogen) atoms. The van der Waals surface area contributed by atoms with Gasteiger partial charge < -0.3 is 5.32 Å². The molecule has 2 aromatic rings. The maximum atomic E-state index is 4.43. The first-order valence-electron chi connectivity index (χ1n) is 4.21. The number of fused-ring (bicyclic) bond motifs is 1. The predicted molar refractivity (Wildman–Crippen MR) is 60.7 cm³/mol. The number of nitrogens with one attached hydrogen (secondary N) is 1. The summed E-state index contributed by atoms with van der Waals surface area (Å²) in [5, 5.41) is 5.57. The number of benzene rings is 2. The molecule has 2 aromatic carbocycles. The van der Waals surface area contributed by atoms with Crippen LogP contribution in [0, 0.1) is 0 Å². The molecule has 0 saturated carbocycles. The van der Waals surface area contributed by atoms with Crippen molar-refractivity contribution in [2.75, 3.05) is 12.4 Å². The Hall–Kier alpha value is -1.15. The van der Waals surface area contributed by atoms with Gasteiger partial charge in [-0.15, -0.1) is 12.6 Å². The molecule has 0 heterocycles. The molecule has 0 amide bonds. The summed E-state index contributed by atoms with van der Waals surface area (Å²) in [6.07, 6.45) is 0. The molecule has 1 N–H and O–H groups in total. The van der Waals surface area contributed by atoms with Gasteiger partial charge in [0.15, 0.2) is 0 Å². The normalized spacial score (nSPS) is 10.3. The average Bonchev–Trinajstić information content (AvgIpc) is 2.17. The fourth-order valence-corrected chi connectivity index (χ4v) is 1.87. The van der Waals surface area contributed by atoms with E-state index in [2.05, 4.69) is 36.1 Å². The fourth-order valence-electron chi connectivity index (χ4n) is 1.53. The van der Waals surface area contributed by atoms with Crippen LogP contribution in [0.25, 0.3) is 10.8 Å². The summed E-state index contributed by atoms with van der Waals surface area (Å²) in [6.45, 7) is 0. The zero-order valence-corrected chi connectivity index (χ0v) is 8.31. The molecular formula is C11H11NS. The van der Waals surface area contributed by atoms with Crippen LogP contribution in [0.3, 0.4) is 0 Å². The molecule has 2 rings (SSSR count). The Labute approximate surface area is 83.2 Å². The molecule has 0 atom stereocenters. The molecule has 0 unspecified atom stereocenters. The lowest BCUT2D eigenvalue weighted by atomic mass is 10.1. The van der Waals surface area contributed by atoms with Gasteiger partial charge in [0, 0.05) is 23.0 Å². The Morgan fingerprint density at radius 3 is 2.46 bits per heavy atom. The van der Waals surface area contributed by atoms with Gasteiger partial charge in [-0.3, -0.25) is 0 Å². The second kappa shape index (κ2) is 3.30. The summed E-state index contributed by atoms with van der Waals surface area (Å²) < 4.78 is 0. The molecular weight excluding hydrogens is 178 g/mol. The van der Waals surface area contributed by atoms with Crippen molar-refractivity contribution in [2.24, 2.45) is 0 Å². The molecule has 66 valence electrons. The van der Waals surface area contributed by atoms with Crippen molar-refractivity contribution in [2.45, 2.75) is 4.90 Å². The largest absolute Gasteiger partial charge is 0.388 e. The van der Waals surface area contributed by atoms with E-state index in [1.165, 1.54) is 10.8 Å². The fraction of sp³-hybridized carbons (Fsp3) is 0.0909. The highest BCUT2D eigenvalue weighted by Crippen LogP contribution is 2.28. The zero-order valence-electron chi connectivity index (χ0n) is 7.41. The van der Waals surface area contributed by atoms with Gasteiger partial charge in [-0.25, -0.2) is 0 Å². The molecule has 0 radical (unpaired) electrons. The van der Waals surface area contributed by atoms with E-state index in [1.54, 1.807) is 0 Å². The Bertz CT molecular complexity index is 432. The number of hydrogen-bond acceptors (Lipinski definition) is 2. The van der Waals surface area contributed by atoms with Crippen molar-refractivity contribution in [3.8, 4) is 0 Å². The smallest absolute Gasteiger partial charge is 0.0428 e. The minimum Gasteiger partial charge on any atom is -0.388 e. The molecule has 0 aromatic heterocycles. The van der Waals surface area contributed by atoms with Crippen molar-refractivity contribution >= 4 is 29.1 Å². The van der Waals surface area contributed by atoms with E-state index < -0.39 is 0 Å². The molecule has 0 bridgehead atoms. The summed E-state index contributed by atoms with van der Waals surface area (Å²) in [5.41, 5.74) is 1.13. The average molecular weight is 189 g/mol. The van der Waals surface area contributed by atoms with Crippen molar-refractivity contribution < 1.29 is 0 Å². The Morgan fingerprint density at radius 2 is 1.77 bits per heavy atom.